The number of nitrogen functional groups attached to an aromatic ring is 1. The lowest BCUT2D eigenvalue weighted by Gasteiger charge is -2.29. The van der Waals surface area contributed by atoms with Gasteiger partial charge in [0.15, 0.2) is 9.84 Å². The van der Waals surface area contributed by atoms with Crippen molar-refractivity contribution in [2.45, 2.75) is 0 Å². The molecule has 1 amide bonds. The molecular weight excluding hydrogens is 273 g/mol. The highest BCUT2D eigenvalue weighted by Gasteiger charge is 2.24. The predicted molar refractivity (Wildman–Crippen MR) is 70.2 cm³/mol. The first-order chi connectivity index (χ1) is 8.80. The third-order valence-corrected chi connectivity index (χ3v) is 4.68. The highest BCUT2D eigenvalue weighted by Crippen LogP contribution is 2.26. The zero-order chi connectivity index (χ0) is 14.2. The minimum absolute atomic E-state index is 0.0293. The van der Waals surface area contributed by atoms with Gasteiger partial charge in [0, 0.05) is 18.8 Å². The number of halogens is 1. The van der Waals surface area contributed by atoms with Gasteiger partial charge in [0.2, 0.25) is 0 Å². The van der Waals surface area contributed by atoms with Gasteiger partial charge in [0.05, 0.1) is 22.8 Å². The van der Waals surface area contributed by atoms with Gasteiger partial charge < -0.3 is 16.4 Å². The molecule has 0 unspecified atom stereocenters. The van der Waals surface area contributed by atoms with Crippen LogP contribution in [0.3, 0.4) is 0 Å². The van der Waals surface area contributed by atoms with Crippen molar-refractivity contribution in [3.05, 3.63) is 23.5 Å². The van der Waals surface area contributed by atoms with Gasteiger partial charge in [-0.3, -0.25) is 4.79 Å². The quantitative estimate of drug-likeness (QED) is 0.729. The van der Waals surface area contributed by atoms with E-state index >= 15 is 0 Å². The maximum atomic E-state index is 13.8. The molecule has 1 saturated heterocycles. The summed E-state index contributed by atoms with van der Waals surface area (Å²) in [6.45, 7) is 0.364. The molecule has 0 atom stereocenters. The monoisotopic (exact) mass is 287 g/mol. The van der Waals surface area contributed by atoms with Gasteiger partial charge in [-0.1, -0.05) is 0 Å². The molecule has 1 aromatic carbocycles. The van der Waals surface area contributed by atoms with Crippen LogP contribution in [0.4, 0.5) is 15.8 Å². The van der Waals surface area contributed by atoms with E-state index < -0.39 is 21.6 Å². The van der Waals surface area contributed by atoms with Gasteiger partial charge in [-0.05, 0) is 12.1 Å². The topological polar surface area (TPSA) is 106 Å². The molecule has 1 aliphatic heterocycles. The maximum Gasteiger partial charge on any atom is 0.250 e. The van der Waals surface area contributed by atoms with E-state index in [1.807, 2.05) is 0 Å². The number of sulfone groups is 1. The van der Waals surface area contributed by atoms with Crippen LogP contribution in [-0.2, 0) is 9.84 Å². The molecule has 19 heavy (non-hydrogen) atoms. The van der Waals surface area contributed by atoms with E-state index in [1.165, 1.54) is 6.07 Å². The van der Waals surface area contributed by atoms with Crippen molar-refractivity contribution in [3.63, 3.8) is 0 Å². The van der Waals surface area contributed by atoms with Crippen LogP contribution in [0.2, 0.25) is 0 Å². The summed E-state index contributed by atoms with van der Waals surface area (Å²) in [7, 11) is -3.05. The predicted octanol–water partition coefficient (Wildman–Crippen LogP) is -0.258. The number of rotatable bonds is 2. The molecule has 0 radical (unpaired) electrons. The summed E-state index contributed by atoms with van der Waals surface area (Å²) in [5.74, 6) is -1.42. The van der Waals surface area contributed by atoms with Crippen molar-refractivity contribution in [3.8, 4) is 0 Å². The number of nitrogens with two attached hydrogens (primary N) is 2. The molecule has 4 N–H and O–H groups in total. The number of hydrogen-bond acceptors (Lipinski definition) is 5. The minimum Gasteiger partial charge on any atom is -0.398 e. The van der Waals surface area contributed by atoms with Gasteiger partial charge in [0.1, 0.15) is 5.82 Å². The van der Waals surface area contributed by atoms with Gasteiger partial charge >= 0.3 is 0 Å². The Morgan fingerprint density at radius 1 is 1.26 bits per heavy atom. The Hall–Kier alpha value is -1.83. The van der Waals surface area contributed by atoms with E-state index in [0.717, 1.165) is 6.07 Å². The first kappa shape index (κ1) is 13.6. The van der Waals surface area contributed by atoms with E-state index in [0.29, 0.717) is 0 Å². The standard InChI is InChI=1S/C11H14FN3O3S/c12-8-6-9(13)7(11(14)16)5-10(8)15-1-3-19(17,18)4-2-15/h5-6H,1-4,13H2,(H2,14,16). The van der Waals surface area contributed by atoms with Crippen molar-refractivity contribution < 1.29 is 17.6 Å². The fraction of sp³-hybridized carbons (Fsp3) is 0.364. The molecule has 0 saturated carbocycles. The van der Waals surface area contributed by atoms with Gasteiger partial charge in [-0.2, -0.15) is 0 Å². The summed E-state index contributed by atoms with van der Waals surface area (Å²) < 4.78 is 36.5. The van der Waals surface area contributed by atoms with Crippen LogP contribution >= 0.6 is 0 Å². The number of anilines is 2. The number of primary amides is 1. The summed E-state index contributed by atoms with van der Waals surface area (Å²) in [5.41, 5.74) is 10.8. The molecule has 1 fully saturated rings. The second-order valence-electron chi connectivity index (χ2n) is 4.39. The Balaban J connectivity index is 2.35. The fourth-order valence-corrected chi connectivity index (χ4v) is 3.19. The van der Waals surface area contributed by atoms with Crippen molar-refractivity contribution in [1.29, 1.82) is 0 Å². The average molecular weight is 287 g/mol. The summed E-state index contributed by atoms with van der Waals surface area (Å²) in [6.07, 6.45) is 0. The number of hydrogen-bond donors (Lipinski definition) is 2. The second kappa shape index (κ2) is 4.69. The van der Waals surface area contributed by atoms with Gasteiger partial charge in [-0.15, -0.1) is 0 Å². The number of benzene rings is 1. The fourth-order valence-electron chi connectivity index (χ4n) is 1.99. The molecule has 0 bridgehead atoms. The molecular formula is C11H14FN3O3S. The van der Waals surface area contributed by atoms with E-state index in [9.17, 15) is 17.6 Å². The van der Waals surface area contributed by atoms with E-state index in [2.05, 4.69) is 0 Å². The van der Waals surface area contributed by atoms with Crippen LogP contribution in [0.5, 0.6) is 0 Å². The lowest BCUT2D eigenvalue weighted by Crippen LogP contribution is -2.40. The van der Waals surface area contributed by atoms with Crippen LogP contribution < -0.4 is 16.4 Å². The Morgan fingerprint density at radius 2 is 1.84 bits per heavy atom. The maximum absolute atomic E-state index is 13.8. The molecule has 1 heterocycles. The Morgan fingerprint density at radius 3 is 2.37 bits per heavy atom. The van der Waals surface area contributed by atoms with Crippen molar-refractivity contribution in [1.82, 2.24) is 0 Å². The second-order valence-corrected chi connectivity index (χ2v) is 6.70. The van der Waals surface area contributed by atoms with Crippen molar-refractivity contribution in [2.24, 2.45) is 5.73 Å². The lowest BCUT2D eigenvalue weighted by atomic mass is 10.1. The Labute approximate surface area is 110 Å². The van der Waals surface area contributed by atoms with Crippen LogP contribution in [0.1, 0.15) is 10.4 Å². The number of carbonyl (C=O) groups excluding carboxylic acids is 1. The molecule has 0 aliphatic carbocycles. The number of nitrogens with zero attached hydrogens (tertiary/aromatic N) is 1. The minimum atomic E-state index is -3.05. The third-order valence-electron chi connectivity index (χ3n) is 3.07. The Kier molecular flexibility index (Phi) is 3.36. The number of carbonyl (C=O) groups is 1. The van der Waals surface area contributed by atoms with Crippen LogP contribution in [0, 0.1) is 5.82 Å². The lowest BCUT2D eigenvalue weighted by molar-refractivity contribution is 0.100. The van der Waals surface area contributed by atoms with E-state index in [1.54, 1.807) is 4.90 Å². The summed E-state index contributed by atoms with van der Waals surface area (Å²) in [5, 5.41) is 0. The zero-order valence-corrected chi connectivity index (χ0v) is 10.9. The molecule has 0 aromatic heterocycles. The highest BCUT2D eigenvalue weighted by molar-refractivity contribution is 7.91. The largest absolute Gasteiger partial charge is 0.398 e. The molecule has 1 aliphatic rings. The van der Waals surface area contributed by atoms with Gasteiger partial charge in [0.25, 0.3) is 5.91 Å². The summed E-state index contributed by atoms with van der Waals surface area (Å²) in [6, 6.07) is 2.30. The van der Waals surface area contributed by atoms with Crippen molar-refractivity contribution in [2.75, 3.05) is 35.2 Å². The smallest absolute Gasteiger partial charge is 0.250 e. The van der Waals surface area contributed by atoms with Crippen LogP contribution in [0.15, 0.2) is 12.1 Å². The van der Waals surface area contributed by atoms with E-state index in [-0.39, 0.29) is 41.5 Å². The normalized spacial score (nSPS) is 18.3. The molecule has 2 rings (SSSR count). The SMILES string of the molecule is NC(=O)c1cc(N2CCS(=O)(=O)CC2)c(F)cc1N. The van der Waals surface area contributed by atoms with Crippen LogP contribution in [0.25, 0.3) is 0 Å². The zero-order valence-electron chi connectivity index (χ0n) is 10.1. The molecule has 0 spiro atoms. The number of amides is 1. The summed E-state index contributed by atoms with van der Waals surface area (Å²) in [4.78, 5) is 12.7. The average Bonchev–Trinajstić information content (AvgIpc) is 2.29. The molecule has 6 nitrogen and oxygen atoms in total. The highest BCUT2D eigenvalue weighted by atomic mass is 32.2. The Bertz CT molecular complexity index is 616. The molecule has 8 heteroatoms. The molecule has 104 valence electrons. The van der Waals surface area contributed by atoms with E-state index in [4.69, 9.17) is 11.5 Å². The van der Waals surface area contributed by atoms with Crippen molar-refractivity contribution >= 4 is 27.1 Å². The molecule has 1 aromatic rings. The first-order valence-corrected chi connectivity index (χ1v) is 7.46. The third kappa shape index (κ3) is 2.78. The first-order valence-electron chi connectivity index (χ1n) is 5.64. The van der Waals surface area contributed by atoms with Crippen LogP contribution in [-0.4, -0.2) is 38.9 Å². The van der Waals surface area contributed by atoms with Gasteiger partial charge in [-0.25, -0.2) is 12.8 Å². The summed E-state index contributed by atoms with van der Waals surface area (Å²) >= 11 is 0.